The van der Waals surface area contributed by atoms with E-state index in [4.69, 9.17) is 4.74 Å². The van der Waals surface area contributed by atoms with Gasteiger partial charge in [-0.2, -0.15) is 0 Å². The highest BCUT2D eigenvalue weighted by atomic mass is 16.5. The summed E-state index contributed by atoms with van der Waals surface area (Å²) in [4.78, 5) is 0. The monoisotopic (exact) mass is 251 g/mol. The normalized spacial score (nSPS) is 13.3. The molecule has 0 atom stereocenters. The van der Waals surface area contributed by atoms with Gasteiger partial charge in [0.2, 0.25) is 0 Å². The first kappa shape index (κ1) is 11.8. The second-order valence-corrected chi connectivity index (χ2v) is 4.76. The molecule has 0 saturated heterocycles. The summed E-state index contributed by atoms with van der Waals surface area (Å²) in [7, 11) is 1.94. The van der Waals surface area contributed by atoms with E-state index in [-0.39, 0.29) is 0 Å². The number of fused-ring (bicyclic) bond motifs is 1. The van der Waals surface area contributed by atoms with E-state index in [9.17, 15) is 0 Å². The number of rotatable bonds is 2. The van der Waals surface area contributed by atoms with Gasteiger partial charge in [-0.1, -0.05) is 35.9 Å². The Morgan fingerprint density at radius 3 is 2.47 bits per heavy atom. The second kappa shape index (κ2) is 4.81. The van der Waals surface area contributed by atoms with Crippen molar-refractivity contribution >= 4 is 5.70 Å². The molecule has 0 bridgehead atoms. The van der Waals surface area contributed by atoms with E-state index in [2.05, 4.69) is 60.8 Å². The molecule has 19 heavy (non-hydrogen) atoms. The van der Waals surface area contributed by atoms with Crippen LogP contribution in [0.25, 0.3) is 16.8 Å². The van der Waals surface area contributed by atoms with Gasteiger partial charge in [-0.05, 0) is 36.3 Å². The Balaban J connectivity index is 2.02. The fourth-order valence-corrected chi connectivity index (χ4v) is 2.35. The third-order valence-electron chi connectivity index (χ3n) is 3.45. The van der Waals surface area contributed by atoms with Crippen molar-refractivity contribution in [3.63, 3.8) is 0 Å². The minimum Gasteiger partial charge on any atom is -0.489 e. The summed E-state index contributed by atoms with van der Waals surface area (Å²) < 4.78 is 5.73. The van der Waals surface area contributed by atoms with Crippen molar-refractivity contribution < 1.29 is 4.74 Å². The van der Waals surface area contributed by atoms with Crippen molar-refractivity contribution in [2.24, 2.45) is 0 Å². The molecule has 2 nitrogen and oxygen atoms in total. The van der Waals surface area contributed by atoms with Crippen LogP contribution in [0.2, 0.25) is 0 Å². The van der Waals surface area contributed by atoms with Crippen molar-refractivity contribution in [2.75, 3.05) is 13.7 Å². The number of benzene rings is 2. The topological polar surface area (TPSA) is 21.3 Å². The van der Waals surface area contributed by atoms with Crippen LogP contribution in [0, 0.1) is 6.92 Å². The van der Waals surface area contributed by atoms with Crippen LogP contribution in [0.5, 0.6) is 5.75 Å². The molecule has 0 saturated carbocycles. The molecule has 0 aromatic heterocycles. The maximum Gasteiger partial charge on any atom is 0.129 e. The molecule has 0 spiro atoms. The Morgan fingerprint density at radius 2 is 1.74 bits per heavy atom. The SMILES string of the molecule is CNC1=CCOc2cc(-c3ccc(C)cc3)ccc21. The summed E-state index contributed by atoms with van der Waals surface area (Å²) in [6.45, 7) is 2.73. The zero-order chi connectivity index (χ0) is 13.2. The summed E-state index contributed by atoms with van der Waals surface area (Å²) >= 11 is 0. The molecular formula is C17H17NO. The van der Waals surface area contributed by atoms with Gasteiger partial charge in [-0.15, -0.1) is 0 Å². The summed E-state index contributed by atoms with van der Waals surface area (Å²) in [5, 5.41) is 3.21. The van der Waals surface area contributed by atoms with Crippen molar-refractivity contribution in [3.05, 3.63) is 59.7 Å². The quantitative estimate of drug-likeness (QED) is 0.880. The minimum absolute atomic E-state index is 0.626. The van der Waals surface area contributed by atoms with Crippen molar-refractivity contribution in [1.82, 2.24) is 5.32 Å². The van der Waals surface area contributed by atoms with Gasteiger partial charge < -0.3 is 10.1 Å². The van der Waals surface area contributed by atoms with Crippen LogP contribution in [0.1, 0.15) is 11.1 Å². The lowest BCUT2D eigenvalue weighted by molar-refractivity contribution is 0.356. The molecule has 1 heterocycles. The third-order valence-corrected chi connectivity index (χ3v) is 3.45. The van der Waals surface area contributed by atoms with Crippen LogP contribution >= 0.6 is 0 Å². The van der Waals surface area contributed by atoms with Crippen molar-refractivity contribution in [3.8, 4) is 16.9 Å². The predicted molar refractivity (Wildman–Crippen MR) is 79.1 cm³/mol. The number of ether oxygens (including phenoxy) is 1. The summed E-state index contributed by atoms with van der Waals surface area (Å²) in [6.07, 6.45) is 2.06. The highest BCUT2D eigenvalue weighted by molar-refractivity contribution is 5.75. The molecule has 2 heteroatoms. The van der Waals surface area contributed by atoms with Gasteiger partial charge in [0.15, 0.2) is 0 Å². The summed E-state index contributed by atoms with van der Waals surface area (Å²) in [6, 6.07) is 14.9. The van der Waals surface area contributed by atoms with Gasteiger partial charge in [0.05, 0.1) is 0 Å². The van der Waals surface area contributed by atoms with E-state index in [1.54, 1.807) is 0 Å². The zero-order valence-corrected chi connectivity index (χ0v) is 11.2. The number of hydrogen-bond donors (Lipinski definition) is 1. The highest BCUT2D eigenvalue weighted by Gasteiger charge is 2.13. The molecule has 0 unspecified atom stereocenters. The molecule has 96 valence electrons. The van der Waals surface area contributed by atoms with Gasteiger partial charge >= 0.3 is 0 Å². The fourth-order valence-electron chi connectivity index (χ4n) is 2.35. The number of hydrogen-bond acceptors (Lipinski definition) is 2. The van der Waals surface area contributed by atoms with E-state index in [1.165, 1.54) is 16.7 Å². The smallest absolute Gasteiger partial charge is 0.129 e. The van der Waals surface area contributed by atoms with E-state index < -0.39 is 0 Å². The van der Waals surface area contributed by atoms with E-state index in [0.717, 1.165) is 17.0 Å². The molecule has 1 aliphatic rings. The molecule has 1 N–H and O–H groups in total. The largest absolute Gasteiger partial charge is 0.489 e. The van der Waals surface area contributed by atoms with Crippen molar-refractivity contribution in [1.29, 1.82) is 0 Å². The lowest BCUT2D eigenvalue weighted by Crippen LogP contribution is -2.13. The predicted octanol–water partition coefficient (Wildman–Crippen LogP) is 3.61. The Labute approximate surface area is 113 Å². The lowest BCUT2D eigenvalue weighted by atomic mass is 10.00. The van der Waals surface area contributed by atoms with Crippen LogP contribution in [-0.4, -0.2) is 13.7 Å². The molecule has 0 amide bonds. The minimum atomic E-state index is 0.626. The molecule has 2 aromatic carbocycles. The van der Waals surface area contributed by atoms with Crippen LogP contribution in [0.4, 0.5) is 0 Å². The van der Waals surface area contributed by atoms with Gasteiger partial charge in [-0.3, -0.25) is 0 Å². The lowest BCUT2D eigenvalue weighted by Gasteiger charge is -2.19. The number of aryl methyl sites for hydroxylation is 1. The Hall–Kier alpha value is -2.22. The van der Waals surface area contributed by atoms with E-state index >= 15 is 0 Å². The Bertz CT molecular complexity index is 626. The molecule has 0 aliphatic carbocycles. The molecular weight excluding hydrogens is 234 g/mol. The van der Waals surface area contributed by atoms with Gasteiger partial charge in [0.25, 0.3) is 0 Å². The van der Waals surface area contributed by atoms with Crippen LogP contribution in [0.3, 0.4) is 0 Å². The highest BCUT2D eigenvalue weighted by Crippen LogP contribution is 2.32. The van der Waals surface area contributed by atoms with Crippen LogP contribution < -0.4 is 10.1 Å². The van der Waals surface area contributed by atoms with Gasteiger partial charge in [0, 0.05) is 18.3 Å². The zero-order valence-electron chi connectivity index (χ0n) is 11.2. The fraction of sp³-hybridized carbons (Fsp3) is 0.176. The molecule has 0 fully saturated rings. The second-order valence-electron chi connectivity index (χ2n) is 4.76. The van der Waals surface area contributed by atoms with Crippen LogP contribution in [-0.2, 0) is 0 Å². The molecule has 1 aliphatic heterocycles. The molecule has 0 radical (unpaired) electrons. The van der Waals surface area contributed by atoms with E-state index in [1.807, 2.05) is 7.05 Å². The van der Waals surface area contributed by atoms with E-state index in [0.29, 0.717) is 6.61 Å². The molecule has 3 rings (SSSR count). The maximum atomic E-state index is 5.73. The Morgan fingerprint density at radius 1 is 1.00 bits per heavy atom. The summed E-state index contributed by atoms with van der Waals surface area (Å²) in [5.41, 5.74) is 5.95. The van der Waals surface area contributed by atoms with Crippen LogP contribution in [0.15, 0.2) is 48.5 Å². The Kier molecular flexibility index (Phi) is 3.00. The van der Waals surface area contributed by atoms with Crippen molar-refractivity contribution in [2.45, 2.75) is 6.92 Å². The third kappa shape index (κ3) is 2.22. The first-order valence-corrected chi connectivity index (χ1v) is 6.50. The standard InChI is InChI=1S/C17H17NO/c1-12-3-5-13(6-4-12)14-7-8-15-16(18-2)9-10-19-17(15)11-14/h3-9,11,18H,10H2,1-2H3. The average molecular weight is 251 g/mol. The molecule has 2 aromatic rings. The van der Waals surface area contributed by atoms with Gasteiger partial charge in [0.1, 0.15) is 12.4 Å². The number of nitrogens with one attached hydrogen (secondary N) is 1. The maximum absolute atomic E-state index is 5.73. The first-order valence-electron chi connectivity index (χ1n) is 6.50. The van der Waals surface area contributed by atoms with Gasteiger partial charge in [-0.25, -0.2) is 0 Å². The first-order chi connectivity index (χ1) is 9.28. The summed E-state index contributed by atoms with van der Waals surface area (Å²) in [5.74, 6) is 0.949. The average Bonchev–Trinajstić information content (AvgIpc) is 2.47.